The Balaban J connectivity index is 2.88. The molecule has 0 fully saturated rings. The second-order valence-electron chi connectivity index (χ2n) is 1.88. The SMILES string of the molecule is Fc1nc2ccccn2n1. The molecule has 0 radical (unpaired) electrons. The molecule has 0 unspecified atom stereocenters. The predicted octanol–water partition coefficient (Wildman–Crippen LogP) is 0.868. The molecule has 3 nitrogen and oxygen atoms in total. The predicted molar refractivity (Wildman–Crippen MR) is 32.9 cm³/mol. The van der Waals surface area contributed by atoms with Gasteiger partial charge in [-0.15, -0.1) is 5.10 Å². The minimum atomic E-state index is -0.689. The van der Waals surface area contributed by atoms with Gasteiger partial charge in [-0.1, -0.05) is 6.07 Å². The Hall–Kier alpha value is -1.45. The van der Waals surface area contributed by atoms with Gasteiger partial charge in [-0.2, -0.15) is 9.37 Å². The Bertz CT molecular complexity index is 322. The minimum absolute atomic E-state index is 0.528. The molecular formula is C6H4FN3. The van der Waals surface area contributed by atoms with Crippen molar-refractivity contribution in [3.63, 3.8) is 0 Å². The van der Waals surface area contributed by atoms with E-state index in [1.54, 1.807) is 24.4 Å². The zero-order chi connectivity index (χ0) is 6.97. The maximum Gasteiger partial charge on any atom is 0.327 e. The van der Waals surface area contributed by atoms with E-state index in [4.69, 9.17) is 0 Å². The fraction of sp³-hybridized carbons (Fsp3) is 0. The fourth-order valence-electron chi connectivity index (χ4n) is 0.804. The van der Waals surface area contributed by atoms with Crippen LogP contribution in [0.3, 0.4) is 0 Å². The lowest BCUT2D eigenvalue weighted by Crippen LogP contribution is -1.83. The number of rotatable bonds is 0. The quantitative estimate of drug-likeness (QED) is 0.539. The van der Waals surface area contributed by atoms with E-state index in [9.17, 15) is 4.39 Å². The molecule has 0 N–H and O–H groups in total. The molecule has 0 spiro atoms. The Morgan fingerprint density at radius 1 is 1.40 bits per heavy atom. The van der Waals surface area contributed by atoms with Crippen molar-refractivity contribution in [2.45, 2.75) is 0 Å². The van der Waals surface area contributed by atoms with Gasteiger partial charge >= 0.3 is 6.08 Å². The number of aromatic nitrogens is 3. The average molecular weight is 137 g/mol. The van der Waals surface area contributed by atoms with Gasteiger partial charge in [0.25, 0.3) is 0 Å². The molecule has 50 valence electrons. The van der Waals surface area contributed by atoms with E-state index in [0.29, 0.717) is 5.65 Å². The van der Waals surface area contributed by atoms with Crippen LogP contribution in [0.5, 0.6) is 0 Å². The molecule has 4 heteroatoms. The van der Waals surface area contributed by atoms with Crippen molar-refractivity contribution in [3.05, 3.63) is 30.5 Å². The highest BCUT2D eigenvalue weighted by Gasteiger charge is 1.97. The molecule has 0 atom stereocenters. The van der Waals surface area contributed by atoms with E-state index in [2.05, 4.69) is 10.1 Å². The lowest BCUT2D eigenvalue weighted by atomic mass is 10.5. The Labute approximate surface area is 56.1 Å². The Morgan fingerprint density at radius 2 is 2.30 bits per heavy atom. The molecular weight excluding hydrogens is 133 g/mol. The van der Waals surface area contributed by atoms with E-state index < -0.39 is 6.08 Å². The molecule has 2 rings (SSSR count). The number of pyridine rings is 1. The lowest BCUT2D eigenvalue weighted by Gasteiger charge is -1.84. The molecule has 0 saturated heterocycles. The molecule has 0 amide bonds. The van der Waals surface area contributed by atoms with E-state index in [-0.39, 0.29) is 0 Å². The molecule has 0 bridgehead atoms. The zero-order valence-electron chi connectivity index (χ0n) is 5.03. The summed E-state index contributed by atoms with van der Waals surface area (Å²) in [5.74, 6) is 0. The first-order valence-electron chi connectivity index (χ1n) is 2.83. The van der Waals surface area contributed by atoms with Crippen molar-refractivity contribution in [3.8, 4) is 0 Å². The summed E-state index contributed by atoms with van der Waals surface area (Å²) in [6.07, 6.45) is 0.956. The monoisotopic (exact) mass is 137 g/mol. The third-order valence-electron chi connectivity index (χ3n) is 1.22. The highest BCUT2D eigenvalue weighted by Crippen LogP contribution is 1.97. The second-order valence-corrected chi connectivity index (χ2v) is 1.88. The highest BCUT2D eigenvalue weighted by molar-refractivity contribution is 5.34. The summed E-state index contributed by atoms with van der Waals surface area (Å²) >= 11 is 0. The minimum Gasteiger partial charge on any atom is -0.218 e. The number of halogens is 1. The topological polar surface area (TPSA) is 30.2 Å². The van der Waals surface area contributed by atoms with E-state index >= 15 is 0 Å². The summed E-state index contributed by atoms with van der Waals surface area (Å²) in [6.45, 7) is 0. The largest absolute Gasteiger partial charge is 0.327 e. The van der Waals surface area contributed by atoms with Crippen molar-refractivity contribution in [1.82, 2.24) is 14.6 Å². The molecule has 0 aliphatic carbocycles. The lowest BCUT2D eigenvalue weighted by molar-refractivity contribution is 0.539. The van der Waals surface area contributed by atoms with Crippen molar-refractivity contribution in [1.29, 1.82) is 0 Å². The summed E-state index contributed by atoms with van der Waals surface area (Å²) in [5.41, 5.74) is 0.528. The van der Waals surface area contributed by atoms with Crippen LogP contribution in [0, 0.1) is 6.08 Å². The van der Waals surface area contributed by atoms with Crippen molar-refractivity contribution in [2.75, 3.05) is 0 Å². The van der Waals surface area contributed by atoms with Gasteiger partial charge in [0.1, 0.15) is 0 Å². The van der Waals surface area contributed by atoms with Gasteiger partial charge in [0.05, 0.1) is 0 Å². The van der Waals surface area contributed by atoms with Crippen LogP contribution >= 0.6 is 0 Å². The number of fused-ring (bicyclic) bond motifs is 1. The maximum absolute atomic E-state index is 12.3. The zero-order valence-corrected chi connectivity index (χ0v) is 5.03. The molecule has 0 aliphatic heterocycles. The van der Waals surface area contributed by atoms with Gasteiger partial charge in [-0.3, -0.25) is 0 Å². The van der Waals surface area contributed by atoms with Crippen LogP contribution < -0.4 is 0 Å². The molecule has 2 heterocycles. The van der Waals surface area contributed by atoms with Crippen LogP contribution in [0.1, 0.15) is 0 Å². The van der Waals surface area contributed by atoms with Crippen LogP contribution in [0.2, 0.25) is 0 Å². The van der Waals surface area contributed by atoms with Crippen LogP contribution in [-0.2, 0) is 0 Å². The Morgan fingerprint density at radius 3 is 3.10 bits per heavy atom. The summed E-state index contributed by atoms with van der Waals surface area (Å²) in [7, 11) is 0. The first kappa shape index (κ1) is 5.34. The van der Waals surface area contributed by atoms with Gasteiger partial charge in [0.15, 0.2) is 5.65 Å². The maximum atomic E-state index is 12.3. The van der Waals surface area contributed by atoms with Crippen molar-refractivity contribution >= 4 is 5.65 Å². The summed E-state index contributed by atoms with van der Waals surface area (Å²) in [5, 5.41) is 3.45. The summed E-state index contributed by atoms with van der Waals surface area (Å²) in [6, 6.07) is 5.24. The first-order chi connectivity index (χ1) is 4.86. The molecule has 2 aromatic rings. The van der Waals surface area contributed by atoms with Crippen molar-refractivity contribution < 1.29 is 4.39 Å². The smallest absolute Gasteiger partial charge is 0.218 e. The normalized spacial score (nSPS) is 10.5. The van der Waals surface area contributed by atoms with Crippen LogP contribution in [0.4, 0.5) is 4.39 Å². The van der Waals surface area contributed by atoms with Gasteiger partial charge in [-0.25, -0.2) is 4.52 Å². The van der Waals surface area contributed by atoms with Gasteiger partial charge < -0.3 is 0 Å². The molecule has 0 aromatic carbocycles. The standard InChI is InChI=1S/C6H4FN3/c7-6-8-5-3-1-2-4-10(5)9-6/h1-4H. The third-order valence-corrected chi connectivity index (χ3v) is 1.22. The Kier molecular flexibility index (Phi) is 0.943. The van der Waals surface area contributed by atoms with E-state index in [1.807, 2.05) is 0 Å². The summed E-state index contributed by atoms with van der Waals surface area (Å²) < 4.78 is 13.7. The molecule has 0 saturated carbocycles. The molecule has 2 aromatic heterocycles. The highest BCUT2D eigenvalue weighted by atomic mass is 19.1. The van der Waals surface area contributed by atoms with Crippen LogP contribution in [0.15, 0.2) is 24.4 Å². The second kappa shape index (κ2) is 1.76. The van der Waals surface area contributed by atoms with E-state index in [1.165, 1.54) is 4.52 Å². The van der Waals surface area contributed by atoms with Gasteiger partial charge in [0, 0.05) is 6.20 Å². The van der Waals surface area contributed by atoms with Crippen LogP contribution in [-0.4, -0.2) is 14.6 Å². The third kappa shape index (κ3) is 0.655. The number of nitrogens with zero attached hydrogens (tertiary/aromatic N) is 3. The van der Waals surface area contributed by atoms with E-state index in [0.717, 1.165) is 0 Å². The van der Waals surface area contributed by atoms with Crippen LogP contribution in [0.25, 0.3) is 5.65 Å². The molecule has 10 heavy (non-hydrogen) atoms. The number of hydrogen-bond acceptors (Lipinski definition) is 2. The summed E-state index contributed by atoms with van der Waals surface area (Å²) in [4.78, 5) is 3.50. The van der Waals surface area contributed by atoms with Crippen molar-refractivity contribution in [2.24, 2.45) is 0 Å². The van der Waals surface area contributed by atoms with Gasteiger partial charge in [-0.05, 0) is 12.1 Å². The van der Waals surface area contributed by atoms with Gasteiger partial charge in [0.2, 0.25) is 0 Å². The number of hydrogen-bond donors (Lipinski definition) is 0. The first-order valence-corrected chi connectivity index (χ1v) is 2.83. The fourth-order valence-corrected chi connectivity index (χ4v) is 0.804. The molecule has 0 aliphatic rings. The average Bonchev–Trinajstić information content (AvgIpc) is 2.27.